The molecule has 28 heavy (non-hydrogen) atoms. The molecule has 1 atom stereocenters. The van der Waals surface area contributed by atoms with Crippen molar-refractivity contribution >= 4 is 15.9 Å². The number of hydrogen-bond acceptors (Lipinski definition) is 4. The number of nitrogens with one attached hydrogen (secondary N) is 1. The summed E-state index contributed by atoms with van der Waals surface area (Å²) in [5.74, 6) is -0.299. The van der Waals surface area contributed by atoms with Crippen molar-refractivity contribution in [3.05, 3.63) is 64.7 Å². The lowest BCUT2D eigenvalue weighted by Gasteiger charge is -2.26. The molecule has 1 N–H and O–H groups in total. The molecule has 1 amide bonds. The maximum Gasteiger partial charge on any atom is 0.251 e. The number of nitrogens with zero attached hydrogens (tertiary/aromatic N) is 1. The normalized spacial score (nSPS) is 16.5. The molecule has 1 fully saturated rings. The van der Waals surface area contributed by atoms with Gasteiger partial charge >= 0.3 is 0 Å². The molecule has 0 saturated carbocycles. The Hall–Kier alpha value is -2.22. The molecule has 1 aliphatic rings. The van der Waals surface area contributed by atoms with E-state index in [4.69, 9.17) is 4.74 Å². The predicted molar refractivity (Wildman–Crippen MR) is 108 cm³/mol. The van der Waals surface area contributed by atoms with Crippen molar-refractivity contribution in [3.63, 3.8) is 0 Å². The van der Waals surface area contributed by atoms with Crippen LogP contribution in [0.15, 0.2) is 47.4 Å². The van der Waals surface area contributed by atoms with Crippen molar-refractivity contribution in [2.75, 3.05) is 26.3 Å². The Morgan fingerprint density at radius 1 is 1.11 bits per heavy atom. The number of rotatable bonds is 5. The first-order valence-corrected chi connectivity index (χ1v) is 10.8. The highest BCUT2D eigenvalue weighted by molar-refractivity contribution is 7.89. The van der Waals surface area contributed by atoms with E-state index in [9.17, 15) is 13.2 Å². The summed E-state index contributed by atoms with van der Waals surface area (Å²) in [4.78, 5) is 12.9. The first-order chi connectivity index (χ1) is 13.3. The average Bonchev–Trinajstić information content (AvgIpc) is 2.70. The number of sulfonamides is 1. The molecule has 1 aliphatic heterocycles. The maximum absolute atomic E-state index is 12.8. The molecule has 2 aromatic rings. The predicted octanol–water partition coefficient (Wildman–Crippen LogP) is 2.82. The number of hydrogen-bond donors (Lipinski definition) is 1. The first-order valence-electron chi connectivity index (χ1n) is 9.35. The number of ether oxygens (including phenoxy) is 1. The van der Waals surface area contributed by atoms with E-state index in [0.29, 0.717) is 31.9 Å². The summed E-state index contributed by atoms with van der Waals surface area (Å²) in [5.41, 5.74) is 3.60. The molecule has 7 heteroatoms. The number of benzene rings is 2. The molecular weight excluding hydrogens is 376 g/mol. The second-order valence-corrected chi connectivity index (χ2v) is 9.04. The van der Waals surface area contributed by atoms with Gasteiger partial charge in [-0.25, -0.2) is 8.42 Å². The fourth-order valence-electron chi connectivity index (χ4n) is 3.32. The lowest BCUT2D eigenvalue weighted by molar-refractivity contribution is 0.0730. The van der Waals surface area contributed by atoms with E-state index in [-0.39, 0.29) is 16.8 Å². The van der Waals surface area contributed by atoms with Gasteiger partial charge in [0.05, 0.1) is 24.2 Å². The van der Waals surface area contributed by atoms with Gasteiger partial charge in [-0.3, -0.25) is 4.79 Å². The number of carbonyl (C=O) groups is 1. The zero-order valence-electron chi connectivity index (χ0n) is 16.4. The fraction of sp³-hybridized carbons (Fsp3) is 0.381. The van der Waals surface area contributed by atoms with Gasteiger partial charge < -0.3 is 10.1 Å². The van der Waals surface area contributed by atoms with Gasteiger partial charge in [0, 0.05) is 18.7 Å². The van der Waals surface area contributed by atoms with Gasteiger partial charge in [-0.1, -0.05) is 29.8 Å². The van der Waals surface area contributed by atoms with Crippen LogP contribution in [0.4, 0.5) is 0 Å². The molecule has 1 saturated heterocycles. The Morgan fingerprint density at radius 2 is 1.82 bits per heavy atom. The summed E-state index contributed by atoms with van der Waals surface area (Å²) >= 11 is 0. The van der Waals surface area contributed by atoms with Gasteiger partial charge in [0.1, 0.15) is 0 Å². The highest BCUT2D eigenvalue weighted by Gasteiger charge is 2.27. The van der Waals surface area contributed by atoms with E-state index in [1.165, 1.54) is 16.4 Å². The first kappa shape index (κ1) is 20.5. The van der Waals surface area contributed by atoms with Crippen molar-refractivity contribution < 1.29 is 17.9 Å². The molecule has 1 unspecified atom stereocenters. The summed E-state index contributed by atoms with van der Waals surface area (Å²) in [6.45, 7) is 7.35. The summed E-state index contributed by atoms with van der Waals surface area (Å²) in [6.07, 6.45) is 0. The third-order valence-electron chi connectivity index (χ3n) is 4.95. The molecule has 3 rings (SSSR count). The minimum absolute atomic E-state index is 0.126. The summed E-state index contributed by atoms with van der Waals surface area (Å²) < 4.78 is 32.3. The molecule has 0 aliphatic carbocycles. The van der Waals surface area contributed by atoms with Crippen molar-refractivity contribution in [1.82, 2.24) is 9.62 Å². The van der Waals surface area contributed by atoms with E-state index in [2.05, 4.69) is 11.4 Å². The molecular formula is C21H26N2O4S. The zero-order valence-corrected chi connectivity index (χ0v) is 17.3. The second kappa shape index (κ2) is 8.43. The van der Waals surface area contributed by atoms with Crippen molar-refractivity contribution in [3.8, 4) is 0 Å². The number of amides is 1. The van der Waals surface area contributed by atoms with Crippen LogP contribution in [0.2, 0.25) is 0 Å². The van der Waals surface area contributed by atoms with E-state index in [0.717, 1.165) is 16.7 Å². The van der Waals surface area contributed by atoms with Gasteiger partial charge in [-0.05, 0) is 50.1 Å². The smallest absolute Gasteiger partial charge is 0.251 e. The summed E-state index contributed by atoms with van der Waals surface area (Å²) in [6, 6.07) is 12.1. The van der Waals surface area contributed by atoms with Crippen LogP contribution in [0.5, 0.6) is 0 Å². The Morgan fingerprint density at radius 3 is 2.54 bits per heavy atom. The molecule has 2 aromatic carbocycles. The number of morpholine rings is 1. The van der Waals surface area contributed by atoms with Crippen molar-refractivity contribution in [1.29, 1.82) is 0 Å². The molecule has 0 bridgehead atoms. The largest absolute Gasteiger partial charge is 0.379 e. The van der Waals surface area contributed by atoms with Gasteiger partial charge in [0.2, 0.25) is 10.0 Å². The Balaban J connectivity index is 1.79. The minimum Gasteiger partial charge on any atom is -0.379 e. The third-order valence-corrected chi connectivity index (χ3v) is 6.85. The lowest BCUT2D eigenvalue weighted by Crippen LogP contribution is -2.40. The van der Waals surface area contributed by atoms with E-state index in [1.54, 1.807) is 12.1 Å². The van der Waals surface area contributed by atoms with Gasteiger partial charge in [-0.2, -0.15) is 4.31 Å². The van der Waals surface area contributed by atoms with Crippen molar-refractivity contribution in [2.45, 2.75) is 31.7 Å². The highest BCUT2D eigenvalue weighted by Crippen LogP contribution is 2.21. The van der Waals surface area contributed by atoms with Crippen LogP contribution in [0.1, 0.15) is 40.0 Å². The highest BCUT2D eigenvalue weighted by atomic mass is 32.2. The van der Waals surface area contributed by atoms with E-state index in [1.807, 2.05) is 32.9 Å². The quantitative estimate of drug-likeness (QED) is 0.834. The number of carbonyl (C=O) groups excluding carboxylic acids is 1. The topological polar surface area (TPSA) is 75.7 Å². The molecule has 6 nitrogen and oxygen atoms in total. The number of aryl methyl sites for hydroxylation is 2. The Bertz CT molecular complexity index is 966. The summed E-state index contributed by atoms with van der Waals surface area (Å²) in [5, 5.41) is 2.97. The van der Waals surface area contributed by atoms with Crippen LogP contribution in [0.3, 0.4) is 0 Å². The standard InChI is InChI=1S/C21H26N2O4S/c1-15-7-8-16(2)20(13-15)17(3)22-21(24)18-5-4-6-19(14-18)28(25,26)23-9-11-27-12-10-23/h4-8,13-14,17H,9-12H2,1-3H3,(H,22,24). The van der Waals surface area contributed by atoms with Crippen LogP contribution >= 0.6 is 0 Å². The zero-order chi connectivity index (χ0) is 20.3. The van der Waals surface area contributed by atoms with Gasteiger partial charge in [0.25, 0.3) is 5.91 Å². The van der Waals surface area contributed by atoms with Crippen LogP contribution in [0, 0.1) is 13.8 Å². The molecule has 0 spiro atoms. The third kappa shape index (κ3) is 4.43. The van der Waals surface area contributed by atoms with Crippen LogP contribution in [0.25, 0.3) is 0 Å². The maximum atomic E-state index is 12.8. The molecule has 0 radical (unpaired) electrons. The van der Waals surface area contributed by atoms with Gasteiger partial charge in [0.15, 0.2) is 0 Å². The van der Waals surface area contributed by atoms with Crippen LogP contribution in [-0.4, -0.2) is 44.9 Å². The van der Waals surface area contributed by atoms with Crippen LogP contribution < -0.4 is 5.32 Å². The molecule has 150 valence electrons. The average molecular weight is 403 g/mol. The molecule has 0 aromatic heterocycles. The minimum atomic E-state index is -3.64. The summed E-state index contributed by atoms with van der Waals surface area (Å²) in [7, 11) is -3.64. The van der Waals surface area contributed by atoms with Crippen LogP contribution in [-0.2, 0) is 14.8 Å². The Kier molecular flexibility index (Phi) is 6.17. The fourth-order valence-corrected chi connectivity index (χ4v) is 4.77. The van der Waals surface area contributed by atoms with Crippen molar-refractivity contribution in [2.24, 2.45) is 0 Å². The second-order valence-electron chi connectivity index (χ2n) is 7.10. The Labute approximate surface area is 166 Å². The van der Waals surface area contributed by atoms with E-state index >= 15 is 0 Å². The SMILES string of the molecule is Cc1ccc(C)c(C(C)NC(=O)c2cccc(S(=O)(=O)N3CCOCC3)c2)c1. The van der Waals surface area contributed by atoms with E-state index < -0.39 is 10.0 Å². The monoisotopic (exact) mass is 402 g/mol. The lowest BCUT2D eigenvalue weighted by atomic mass is 10.00. The van der Waals surface area contributed by atoms with Gasteiger partial charge in [-0.15, -0.1) is 0 Å². The molecule has 1 heterocycles.